The highest BCUT2D eigenvalue weighted by Crippen LogP contribution is 2.14. The van der Waals surface area contributed by atoms with Gasteiger partial charge in [0.2, 0.25) is 5.91 Å². The molecule has 0 heterocycles. The maximum absolute atomic E-state index is 12.0. The van der Waals surface area contributed by atoms with Gasteiger partial charge in [-0.2, -0.15) is 0 Å². The van der Waals surface area contributed by atoms with E-state index in [1.54, 1.807) is 0 Å². The van der Waals surface area contributed by atoms with Gasteiger partial charge in [-0.3, -0.25) is 4.79 Å². The number of carbonyl (C=O) groups excluding carboxylic acids is 1. The van der Waals surface area contributed by atoms with Crippen LogP contribution >= 0.6 is 0 Å². The van der Waals surface area contributed by atoms with Gasteiger partial charge in [-0.05, 0) is 30.9 Å². The molecule has 1 N–H and O–H groups in total. The quantitative estimate of drug-likeness (QED) is 0.797. The van der Waals surface area contributed by atoms with Crippen LogP contribution in [0.15, 0.2) is 60.7 Å². The average molecular weight is 267 g/mol. The lowest BCUT2D eigenvalue weighted by molar-refractivity contribution is -0.122. The highest BCUT2D eigenvalue weighted by molar-refractivity contribution is 5.83. The summed E-state index contributed by atoms with van der Waals surface area (Å²) in [4.78, 5) is 12.0. The summed E-state index contributed by atoms with van der Waals surface area (Å²) in [6.07, 6.45) is 1.97. The van der Waals surface area contributed by atoms with Crippen molar-refractivity contribution in [2.75, 3.05) is 6.54 Å². The van der Waals surface area contributed by atoms with Crippen molar-refractivity contribution in [3.8, 4) is 0 Å². The van der Waals surface area contributed by atoms with Crippen LogP contribution in [0.3, 0.4) is 0 Å². The Morgan fingerprint density at radius 3 is 2.25 bits per heavy atom. The van der Waals surface area contributed by atoms with Crippen LogP contribution in [-0.2, 0) is 11.2 Å². The molecular formula is C18H21NO. The molecule has 0 aliphatic heterocycles. The molecule has 1 amide bonds. The fourth-order valence-corrected chi connectivity index (χ4v) is 2.19. The standard InChI is InChI=1S/C18H21NO/c1-15(17-12-6-3-7-13-17)18(20)19-14-8-11-16-9-4-2-5-10-16/h2-7,9-10,12-13,15H,8,11,14H2,1H3,(H,19,20)/t15-/m1/s1. The summed E-state index contributed by atoms with van der Waals surface area (Å²) in [7, 11) is 0. The summed E-state index contributed by atoms with van der Waals surface area (Å²) in [6, 6.07) is 20.2. The number of amides is 1. The van der Waals surface area contributed by atoms with Crippen LogP contribution in [-0.4, -0.2) is 12.5 Å². The van der Waals surface area contributed by atoms with Crippen molar-refractivity contribution in [1.82, 2.24) is 5.32 Å². The molecule has 104 valence electrons. The second-order valence-electron chi connectivity index (χ2n) is 5.01. The van der Waals surface area contributed by atoms with E-state index in [1.165, 1.54) is 5.56 Å². The van der Waals surface area contributed by atoms with Crippen molar-refractivity contribution in [2.45, 2.75) is 25.7 Å². The first-order valence-electron chi connectivity index (χ1n) is 7.14. The lowest BCUT2D eigenvalue weighted by Crippen LogP contribution is -2.29. The molecule has 0 unspecified atom stereocenters. The van der Waals surface area contributed by atoms with E-state index in [0.717, 1.165) is 24.9 Å². The first-order chi connectivity index (χ1) is 9.77. The molecular weight excluding hydrogens is 246 g/mol. The largest absolute Gasteiger partial charge is 0.356 e. The SMILES string of the molecule is C[C@@H](C(=O)NCCCc1ccccc1)c1ccccc1. The van der Waals surface area contributed by atoms with Gasteiger partial charge in [0.15, 0.2) is 0 Å². The van der Waals surface area contributed by atoms with Crippen molar-refractivity contribution >= 4 is 5.91 Å². The van der Waals surface area contributed by atoms with Gasteiger partial charge in [0.1, 0.15) is 0 Å². The lowest BCUT2D eigenvalue weighted by Gasteiger charge is -2.12. The number of benzene rings is 2. The zero-order chi connectivity index (χ0) is 14.2. The zero-order valence-electron chi connectivity index (χ0n) is 11.9. The minimum atomic E-state index is -0.0899. The van der Waals surface area contributed by atoms with Gasteiger partial charge in [-0.1, -0.05) is 60.7 Å². The number of aryl methyl sites for hydroxylation is 1. The fourth-order valence-electron chi connectivity index (χ4n) is 2.19. The predicted octanol–water partition coefficient (Wildman–Crippen LogP) is 3.54. The van der Waals surface area contributed by atoms with E-state index in [0.29, 0.717) is 0 Å². The second-order valence-corrected chi connectivity index (χ2v) is 5.01. The molecule has 0 spiro atoms. The fraction of sp³-hybridized carbons (Fsp3) is 0.278. The third-order valence-corrected chi connectivity index (χ3v) is 3.48. The second kappa shape index (κ2) is 7.49. The van der Waals surface area contributed by atoms with Gasteiger partial charge in [0.05, 0.1) is 5.92 Å². The molecule has 0 aromatic heterocycles. The van der Waals surface area contributed by atoms with E-state index in [-0.39, 0.29) is 11.8 Å². The van der Waals surface area contributed by atoms with Crippen LogP contribution in [0, 0.1) is 0 Å². The van der Waals surface area contributed by atoms with Gasteiger partial charge in [-0.25, -0.2) is 0 Å². The Morgan fingerprint density at radius 1 is 1.00 bits per heavy atom. The van der Waals surface area contributed by atoms with Gasteiger partial charge in [-0.15, -0.1) is 0 Å². The first-order valence-corrected chi connectivity index (χ1v) is 7.14. The van der Waals surface area contributed by atoms with Crippen molar-refractivity contribution in [3.63, 3.8) is 0 Å². The monoisotopic (exact) mass is 267 g/mol. The number of rotatable bonds is 6. The van der Waals surface area contributed by atoms with Crippen LogP contribution in [0.25, 0.3) is 0 Å². The molecule has 20 heavy (non-hydrogen) atoms. The summed E-state index contributed by atoms with van der Waals surface area (Å²) >= 11 is 0. The Bertz CT molecular complexity index is 522. The Hall–Kier alpha value is -2.09. The molecule has 0 fully saturated rings. The highest BCUT2D eigenvalue weighted by Gasteiger charge is 2.13. The molecule has 2 rings (SSSR count). The van der Waals surface area contributed by atoms with Crippen molar-refractivity contribution in [3.05, 3.63) is 71.8 Å². The van der Waals surface area contributed by atoms with Gasteiger partial charge >= 0.3 is 0 Å². The number of carbonyl (C=O) groups is 1. The minimum Gasteiger partial charge on any atom is -0.356 e. The van der Waals surface area contributed by atoms with Gasteiger partial charge < -0.3 is 5.32 Å². The molecule has 0 aliphatic rings. The van der Waals surface area contributed by atoms with Crippen LogP contribution < -0.4 is 5.32 Å². The average Bonchev–Trinajstić information content (AvgIpc) is 2.52. The van der Waals surface area contributed by atoms with E-state index in [4.69, 9.17) is 0 Å². The summed E-state index contributed by atoms with van der Waals surface area (Å²) in [5.74, 6) is 0.0113. The molecule has 1 atom stereocenters. The Labute approximate surface area is 120 Å². The normalized spacial score (nSPS) is 11.8. The Morgan fingerprint density at radius 2 is 1.60 bits per heavy atom. The number of nitrogens with one attached hydrogen (secondary N) is 1. The van der Waals surface area contributed by atoms with Crippen molar-refractivity contribution in [1.29, 1.82) is 0 Å². The van der Waals surface area contributed by atoms with E-state index < -0.39 is 0 Å². The molecule has 0 radical (unpaired) electrons. The Kier molecular flexibility index (Phi) is 5.36. The molecule has 0 saturated heterocycles. The van der Waals surface area contributed by atoms with Crippen molar-refractivity contribution in [2.24, 2.45) is 0 Å². The predicted molar refractivity (Wildman–Crippen MR) is 82.6 cm³/mol. The number of hydrogen-bond donors (Lipinski definition) is 1. The molecule has 2 heteroatoms. The third-order valence-electron chi connectivity index (χ3n) is 3.48. The summed E-state index contributed by atoms with van der Waals surface area (Å²) in [5, 5.41) is 3.01. The minimum absolute atomic E-state index is 0.0899. The maximum atomic E-state index is 12.0. The van der Waals surface area contributed by atoms with E-state index in [2.05, 4.69) is 17.4 Å². The van der Waals surface area contributed by atoms with Gasteiger partial charge in [0, 0.05) is 6.54 Å². The van der Waals surface area contributed by atoms with Crippen LogP contribution in [0.1, 0.15) is 30.4 Å². The molecule has 0 aliphatic carbocycles. The molecule has 0 saturated carbocycles. The third kappa shape index (κ3) is 4.23. The van der Waals surface area contributed by atoms with Crippen LogP contribution in [0.2, 0.25) is 0 Å². The first kappa shape index (κ1) is 14.3. The zero-order valence-corrected chi connectivity index (χ0v) is 11.9. The van der Waals surface area contributed by atoms with E-state index in [9.17, 15) is 4.79 Å². The molecule has 2 aromatic rings. The topological polar surface area (TPSA) is 29.1 Å². The lowest BCUT2D eigenvalue weighted by atomic mass is 10.0. The summed E-state index contributed by atoms with van der Waals surface area (Å²) < 4.78 is 0. The summed E-state index contributed by atoms with van der Waals surface area (Å²) in [5.41, 5.74) is 2.38. The van der Waals surface area contributed by atoms with Crippen LogP contribution in [0.5, 0.6) is 0 Å². The molecule has 2 aromatic carbocycles. The van der Waals surface area contributed by atoms with E-state index in [1.807, 2.05) is 55.5 Å². The Balaban J connectivity index is 1.73. The summed E-state index contributed by atoms with van der Waals surface area (Å²) in [6.45, 7) is 2.67. The molecule has 0 bridgehead atoms. The van der Waals surface area contributed by atoms with E-state index >= 15 is 0 Å². The van der Waals surface area contributed by atoms with Gasteiger partial charge in [0.25, 0.3) is 0 Å². The molecule has 2 nitrogen and oxygen atoms in total. The maximum Gasteiger partial charge on any atom is 0.227 e. The smallest absolute Gasteiger partial charge is 0.227 e. The van der Waals surface area contributed by atoms with Crippen LogP contribution in [0.4, 0.5) is 0 Å². The number of hydrogen-bond acceptors (Lipinski definition) is 1. The van der Waals surface area contributed by atoms with Crippen molar-refractivity contribution < 1.29 is 4.79 Å². The highest BCUT2D eigenvalue weighted by atomic mass is 16.1.